The highest BCUT2D eigenvalue weighted by molar-refractivity contribution is 5.76. The summed E-state index contributed by atoms with van der Waals surface area (Å²) in [6.45, 7) is 0. The van der Waals surface area contributed by atoms with E-state index in [1.54, 1.807) is 0 Å². The van der Waals surface area contributed by atoms with Crippen LogP contribution in [0.2, 0.25) is 0 Å². The number of hydrogen-bond donors (Lipinski definition) is 1. The van der Waals surface area contributed by atoms with Crippen molar-refractivity contribution in [2.75, 3.05) is 12.4 Å². The van der Waals surface area contributed by atoms with Gasteiger partial charge in [0.1, 0.15) is 5.52 Å². The second kappa shape index (κ2) is 6.65. The van der Waals surface area contributed by atoms with Crippen molar-refractivity contribution in [1.29, 1.82) is 0 Å². The van der Waals surface area contributed by atoms with Gasteiger partial charge in [-0.2, -0.15) is 0 Å². The highest BCUT2D eigenvalue weighted by atomic mass is 16.3. The van der Waals surface area contributed by atoms with Crippen LogP contribution in [0.25, 0.3) is 34.7 Å². The van der Waals surface area contributed by atoms with Gasteiger partial charge in [-0.05, 0) is 47.5 Å². The lowest BCUT2D eigenvalue weighted by Crippen LogP contribution is -1.86. The molecule has 0 bridgehead atoms. The Morgan fingerprint density at radius 3 is 2.08 bits per heavy atom. The molecule has 0 atom stereocenters. The third-order valence-electron chi connectivity index (χ3n) is 4.12. The van der Waals surface area contributed by atoms with Crippen LogP contribution in [0.4, 0.5) is 5.69 Å². The van der Waals surface area contributed by atoms with Crippen LogP contribution in [0.1, 0.15) is 11.1 Å². The Morgan fingerprint density at radius 2 is 1.44 bits per heavy atom. The summed E-state index contributed by atoms with van der Waals surface area (Å²) >= 11 is 0. The number of anilines is 1. The first-order chi connectivity index (χ1) is 12.3. The number of benzene rings is 3. The van der Waals surface area contributed by atoms with Crippen LogP contribution < -0.4 is 5.32 Å². The minimum atomic E-state index is 0.652. The molecule has 0 amide bonds. The second-order valence-electron chi connectivity index (χ2n) is 5.81. The lowest BCUT2D eigenvalue weighted by molar-refractivity contribution is 0.620. The quantitative estimate of drug-likeness (QED) is 0.488. The summed E-state index contributed by atoms with van der Waals surface area (Å²) in [6.07, 6.45) is 4.21. The van der Waals surface area contributed by atoms with Crippen molar-refractivity contribution in [3.8, 4) is 11.5 Å². The predicted molar refractivity (Wildman–Crippen MR) is 104 cm³/mol. The molecule has 1 heterocycles. The van der Waals surface area contributed by atoms with Gasteiger partial charge in [0.05, 0.1) is 0 Å². The van der Waals surface area contributed by atoms with Crippen molar-refractivity contribution in [3.05, 3.63) is 83.9 Å². The molecule has 0 aliphatic rings. The predicted octanol–water partition coefficient (Wildman–Crippen LogP) is 5.71. The molecule has 0 saturated carbocycles. The Hall–Kier alpha value is -3.33. The molecular formula is C22H18N2O. The third kappa shape index (κ3) is 3.31. The number of aromatic nitrogens is 1. The van der Waals surface area contributed by atoms with E-state index >= 15 is 0 Å². The SMILES string of the molecule is CNc1ccc(/C=C/c2ccc(-c3nc4ccccc4o3)cc2)cc1. The summed E-state index contributed by atoms with van der Waals surface area (Å²) in [7, 11) is 1.92. The number of hydrogen-bond acceptors (Lipinski definition) is 3. The van der Waals surface area contributed by atoms with Crippen molar-refractivity contribution in [3.63, 3.8) is 0 Å². The summed E-state index contributed by atoms with van der Waals surface area (Å²) in [5.74, 6) is 0.652. The molecule has 0 fully saturated rings. The smallest absolute Gasteiger partial charge is 0.227 e. The molecule has 0 radical (unpaired) electrons. The minimum Gasteiger partial charge on any atom is -0.436 e. The van der Waals surface area contributed by atoms with E-state index in [9.17, 15) is 0 Å². The second-order valence-corrected chi connectivity index (χ2v) is 5.81. The maximum absolute atomic E-state index is 5.81. The van der Waals surface area contributed by atoms with Crippen LogP contribution in [-0.4, -0.2) is 12.0 Å². The lowest BCUT2D eigenvalue weighted by atomic mass is 10.1. The molecule has 0 spiro atoms. The molecule has 3 nitrogen and oxygen atoms in total. The first kappa shape index (κ1) is 15.2. The summed E-state index contributed by atoms with van der Waals surface area (Å²) in [5, 5.41) is 3.12. The Bertz CT molecular complexity index is 979. The van der Waals surface area contributed by atoms with Crippen molar-refractivity contribution in [2.45, 2.75) is 0 Å². The fourth-order valence-electron chi connectivity index (χ4n) is 2.69. The Morgan fingerprint density at radius 1 is 0.800 bits per heavy atom. The van der Waals surface area contributed by atoms with E-state index in [4.69, 9.17) is 4.42 Å². The van der Waals surface area contributed by atoms with E-state index in [0.717, 1.165) is 27.9 Å². The first-order valence-electron chi connectivity index (χ1n) is 8.24. The highest BCUT2D eigenvalue weighted by Gasteiger charge is 2.06. The number of fused-ring (bicyclic) bond motifs is 1. The third-order valence-corrected chi connectivity index (χ3v) is 4.12. The van der Waals surface area contributed by atoms with Gasteiger partial charge in [-0.15, -0.1) is 0 Å². The normalized spacial score (nSPS) is 11.2. The lowest BCUT2D eigenvalue weighted by Gasteiger charge is -2.00. The van der Waals surface area contributed by atoms with Crippen LogP contribution in [0.5, 0.6) is 0 Å². The van der Waals surface area contributed by atoms with Crippen LogP contribution in [0.3, 0.4) is 0 Å². The van der Waals surface area contributed by atoms with Crippen molar-refractivity contribution < 1.29 is 4.42 Å². The summed E-state index contributed by atoms with van der Waals surface area (Å²) in [4.78, 5) is 4.53. The van der Waals surface area contributed by atoms with Crippen molar-refractivity contribution in [2.24, 2.45) is 0 Å². The van der Waals surface area contributed by atoms with Gasteiger partial charge in [0.25, 0.3) is 0 Å². The first-order valence-corrected chi connectivity index (χ1v) is 8.24. The molecule has 0 aliphatic carbocycles. The monoisotopic (exact) mass is 326 g/mol. The molecule has 3 aromatic carbocycles. The molecule has 1 aromatic heterocycles. The molecular weight excluding hydrogens is 308 g/mol. The number of nitrogens with one attached hydrogen (secondary N) is 1. The maximum Gasteiger partial charge on any atom is 0.227 e. The zero-order valence-electron chi connectivity index (χ0n) is 13.9. The number of rotatable bonds is 4. The molecule has 3 heteroatoms. The molecule has 4 aromatic rings. The van der Waals surface area contributed by atoms with Gasteiger partial charge in [-0.25, -0.2) is 4.98 Å². The zero-order valence-corrected chi connectivity index (χ0v) is 13.9. The fourth-order valence-corrected chi connectivity index (χ4v) is 2.69. The minimum absolute atomic E-state index is 0.652. The average molecular weight is 326 g/mol. The molecule has 122 valence electrons. The van der Waals surface area contributed by atoms with Gasteiger partial charge in [0.2, 0.25) is 5.89 Å². The molecule has 4 rings (SSSR count). The molecule has 1 N–H and O–H groups in total. The van der Waals surface area contributed by atoms with E-state index in [-0.39, 0.29) is 0 Å². The van der Waals surface area contributed by atoms with Crippen molar-refractivity contribution in [1.82, 2.24) is 4.98 Å². The van der Waals surface area contributed by atoms with Gasteiger partial charge in [0.15, 0.2) is 5.58 Å². The summed E-state index contributed by atoms with van der Waals surface area (Å²) in [5.41, 5.74) is 6.09. The van der Waals surface area contributed by atoms with E-state index in [1.807, 2.05) is 43.4 Å². The molecule has 0 aliphatic heterocycles. The van der Waals surface area contributed by atoms with Crippen LogP contribution >= 0.6 is 0 Å². The number of para-hydroxylation sites is 2. The highest BCUT2D eigenvalue weighted by Crippen LogP contribution is 2.24. The number of oxazole rings is 1. The molecule has 0 unspecified atom stereocenters. The van der Waals surface area contributed by atoms with Crippen LogP contribution in [0, 0.1) is 0 Å². The average Bonchev–Trinajstić information content (AvgIpc) is 3.11. The van der Waals surface area contributed by atoms with E-state index in [2.05, 4.69) is 58.9 Å². The van der Waals surface area contributed by atoms with Crippen LogP contribution in [0.15, 0.2) is 77.2 Å². The molecule has 25 heavy (non-hydrogen) atoms. The number of nitrogens with zero attached hydrogens (tertiary/aromatic N) is 1. The van der Waals surface area contributed by atoms with Crippen molar-refractivity contribution >= 4 is 28.9 Å². The summed E-state index contributed by atoms with van der Waals surface area (Å²) in [6, 6.07) is 24.3. The molecule has 0 saturated heterocycles. The van der Waals surface area contributed by atoms with Gasteiger partial charge >= 0.3 is 0 Å². The van der Waals surface area contributed by atoms with E-state index in [1.165, 1.54) is 5.56 Å². The standard InChI is InChI=1S/C22H18N2O/c1-23-19-14-10-17(11-15-19)7-6-16-8-12-18(13-9-16)22-24-20-4-2-3-5-21(20)25-22/h2-15,23H,1H3/b7-6+. The zero-order chi connectivity index (χ0) is 17.1. The van der Waals surface area contributed by atoms with E-state index < -0.39 is 0 Å². The Balaban J connectivity index is 1.53. The van der Waals surface area contributed by atoms with Gasteiger partial charge in [-0.1, -0.05) is 48.6 Å². The van der Waals surface area contributed by atoms with Gasteiger partial charge < -0.3 is 9.73 Å². The maximum atomic E-state index is 5.81. The van der Waals surface area contributed by atoms with Gasteiger partial charge in [0, 0.05) is 18.3 Å². The summed E-state index contributed by atoms with van der Waals surface area (Å²) < 4.78 is 5.81. The van der Waals surface area contributed by atoms with Crippen LogP contribution in [-0.2, 0) is 0 Å². The Labute approximate surface area is 146 Å². The van der Waals surface area contributed by atoms with Gasteiger partial charge in [-0.3, -0.25) is 0 Å². The topological polar surface area (TPSA) is 38.1 Å². The Kier molecular flexibility index (Phi) is 4.05. The largest absolute Gasteiger partial charge is 0.436 e. The van der Waals surface area contributed by atoms with E-state index in [0.29, 0.717) is 5.89 Å². The fraction of sp³-hybridized carbons (Fsp3) is 0.0455.